The largest absolute Gasteiger partial charge is 0.396 e. The second kappa shape index (κ2) is 5.80. The molecule has 0 saturated heterocycles. The van der Waals surface area contributed by atoms with E-state index in [0.717, 1.165) is 13.0 Å². The Balaban J connectivity index is 2.50. The molecule has 1 aromatic heterocycles. The molecule has 1 heterocycles. The van der Waals surface area contributed by atoms with Gasteiger partial charge in [-0.1, -0.05) is 20.8 Å². The van der Waals surface area contributed by atoms with Gasteiger partial charge in [0.2, 0.25) is 0 Å². The predicted molar refractivity (Wildman–Crippen MR) is 70.8 cm³/mol. The third-order valence-electron chi connectivity index (χ3n) is 2.78. The van der Waals surface area contributed by atoms with Crippen LogP contribution in [0.4, 0.5) is 0 Å². The second-order valence-electron chi connectivity index (χ2n) is 5.32. The number of hydrogen-bond acceptors (Lipinski definition) is 3. The normalized spacial score (nSPS) is 14.1. The van der Waals surface area contributed by atoms with Crippen LogP contribution >= 0.6 is 11.3 Å². The summed E-state index contributed by atoms with van der Waals surface area (Å²) < 4.78 is 0. The Morgan fingerprint density at radius 2 is 2.06 bits per heavy atom. The van der Waals surface area contributed by atoms with Crippen molar-refractivity contribution in [1.82, 2.24) is 5.32 Å². The molecule has 0 aliphatic heterocycles. The zero-order chi connectivity index (χ0) is 12.2. The number of hydrogen-bond donors (Lipinski definition) is 2. The van der Waals surface area contributed by atoms with Crippen LogP contribution in [-0.4, -0.2) is 17.8 Å². The highest BCUT2D eigenvalue weighted by Gasteiger charge is 2.23. The summed E-state index contributed by atoms with van der Waals surface area (Å²) in [6.45, 7) is 9.90. The topological polar surface area (TPSA) is 32.3 Å². The van der Waals surface area contributed by atoms with Gasteiger partial charge in [0.25, 0.3) is 0 Å². The summed E-state index contributed by atoms with van der Waals surface area (Å²) in [4.78, 5) is 2.72. The molecule has 0 fully saturated rings. The molecule has 1 aromatic rings. The van der Waals surface area contributed by atoms with Crippen LogP contribution in [0.1, 0.15) is 36.9 Å². The van der Waals surface area contributed by atoms with E-state index in [0.29, 0.717) is 6.04 Å². The third kappa shape index (κ3) is 4.24. The smallest absolute Gasteiger partial charge is 0.0446 e. The Labute approximate surface area is 103 Å². The molecule has 0 aliphatic carbocycles. The van der Waals surface area contributed by atoms with Crippen LogP contribution in [0.2, 0.25) is 0 Å². The van der Waals surface area contributed by atoms with Crippen LogP contribution in [0.25, 0.3) is 0 Å². The van der Waals surface area contributed by atoms with Crippen LogP contribution in [0.5, 0.6) is 0 Å². The molecule has 0 saturated carbocycles. The molecular weight excluding hydrogens is 218 g/mol. The zero-order valence-electron chi connectivity index (χ0n) is 10.7. The Kier molecular flexibility index (Phi) is 4.96. The van der Waals surface area contributed by atoms with Crippen LogP contribution in [0.3, 0.4) is 0 Å². The summed E-state index contributed by atoms with van der Waals surface area (Å²) in [5.41, 5.74) is 0.190. The quantitative estimate of drug-likeness (QED) is 0.830. The number of aryl methyl sites for hydroxylation is 1. The van der Waals surface area contributed by atoms with E-state index in [1.165, 1.54) is 9.75 Å². The summed E-state index contributed by atoms with van der Waals surface area (Å²) in [6.07, 6.45) is 0.813. The molecule has 0 aliphatic rings. The van der Waals surface area contributed by atoms with E-state index in [4.69, 9.17) is 5.11 Å². The van der Waals surface area contributed by atoms with Gasteiger partial charge in [-0.05, 0) is 30.9 Å². The highest BCUT2D eigenvalue weighted by molar-refractivity contribution is 7.11. The number of aliphatic hydroxyl groups is 1. The summed E-state index contributed by atoms with van der Waals surface area (Å²) in [7, 11) is 0. The van der Waals surface area contributed by atoms with E-state index >= 15 is 0 Å². The van der Waals surface area contributed by atoms with Crippen LogP contribution in [-0.2, 0) is 6.54 Å². The highest BCUT2D eigenvalue weighted by atomic mass is 32.1. The first-order valence-electron chi connectivity index (χ1n) is 5.83. The van der Waals surface area contributed by atoms with Gasteiger partial charge in [-0.3, -0.25) is 0 Å². The maximum absolute atomic E-state index is 9.06. The summed E-state index contributed by atoms with van der Waals surface area (Å²) in [6, 6.07) is 4.69. The van der Waals surface area contributed by atoms with Crippen molar-refractivity contribution in [3.05, 3.63) is 21.9 Å². The summed E-state index contributed by atoms with van der Waals surface area (Å²) in [5, 5.41) is 12.6. The Hall–Kier alpha value is -0.380. The Morgan fingerprint density at radius 1 is 1.38 bits per heavy atom. The SMILES string of the molecule is Cc1ccc(CNC(CCO)C(C)(C)C)s1. The van der Waals surface area contributed by atoms with Crippen molar-refractivity contribution in [3.8, 4) is 0 Å². The predicted octanol–water partition coefficient (Wildman–Crippen LogP) is 2.94. The van der Waals surface area contributed by atoms with Gasteiger partial charge in [0.15, 0.2) is 0 Å². The lowest BCUT2D eigenvalue weighted by Crippen LogP contribution is -2.40. The van der Waals surface area contributed by atoms with Crippen molar-refractivity contribution in [2.45, 2.75) is 46.7 Å². The maximum Gasteiger partial charge on any atom is 0.0446 e. The zero-order valence-corrected chi connectivity index (χ0v) is 11.5. The van der Waals surface area contributed by atoms with Crippen molar-refractivity contribution in [2.75, 3.05) is 6.61 Å². The minimum absolute atomic E-state index is 0.190. The van der Waals surface area contributed by atoms with E-state index in [2.05, 4.69) is 45.1 Å². The van der Waals surface area contributed by atoms with Gasteiger partial charge in [-0.25, -0.2) is 0 Å². The van der Waals surface area contributed by atoms with Crippen LogP contribution in [0.15, 0.2) is 12.1 Å². The molecule has 1 unspecified atom stereocenters. The van der Waals surface area contributed by atoms with Gasteiger partial charge in [0.05, 0.1) is 0 Å². The van der Waals surface area contributed by atoms with Crippen molar-refractivity contribution >= 4 is 11.3 Å². The van der Waals surface area contributed by atoms with Crippen LogP contribution < -0.4 is 5.32 Å². The molecule has 3 heteroatoms. The average Bonchev–Trinajstić information content (AvgIpc) is 2.57. The fraction of sp³-hybridized carbons (Fsp3) is 0.692. The molecule has 0 spiro atoms. The number of aliphatic hydroxyl groups excluding tert-OH is 1. The molecule has 16 heavy (non-hydrogen) atoms. The summed E-state index contributed by atoms with van der Waals surface area (Å²) in [5.74, 6) is 0. The van der Waals surface area contributed by atoms with Gasteiger partial charge < -0.3 is 10.4 Å². The first kappa shape index (κ1) is 13.7. The molecule has 0 radical (unpaired) electrons. The van der Waals surface area contributed by atoms with Crippen molar-refractivity contribution < 1.29 is 5.11 Å². The molecule has 92 valence electrons. The van der Waals surface area contributed by atoms with Gasteiger partial charge in [-0.2, -0.15) is 0 Å². The lowest BCUT2D eigenvalue weighted by atomic mass is 9.85. The van der Waals surface area contributed by atoms with Gasteiger partial charge in [-0.15, -0.1) is 11.3 Å². The monoisotopic (exact) mass is 241 g/mol. The van der Waals surface area contributed by atoms with Crippen LogP contribution in [0, 0.1) is 12.3 Å². The van der Waals surface area contributed by atoms with Crippen molar-refractivity contribution in [3.63, 3.8) is 0 Å². The van der Waals surface area contributed by atoms with E-state index in [1.54, 1.807) is 0 Å². The molecular formula is C13H23NOS. The molecule has 0 aromatic carbocycles. The third-order valence-corrected chi connectivity index (χ3v) is 3.78. The highest BCUT2D eigenvalue weighted by Crippen LogP contribution is 2.23. The van der Waals surface area contributed by atoms with Crippen molar-refractivity contribution in [2.24, 2.45) is 5.41 Å². The molecule has 1 rings (SSSR count). The van der Waals surface area contributed by atoms with E-state index < -0.39 is 0 Å². The van der Waals surface area contributed by atoms with Gasteiger partial charge in [0.1, 0.15) is 0 Å². The fourth-order valence-corrected chi connectivity index (χ4v) is 2.62. The van der Waals surface area contributed by atoms with E-state index in [1.807, 2.05) is 11.3 Å². The number of nitrogens with one attached hydrogen (secondary N) is 1. The van der Waals surface area contributed by atoms with E-state index in [9.17, 15) is 0 Å². The minimum atomic E-state index is 0.190. The second-order valence-corrected chi connectivity index (χ2v) is 6.70. The lowest BCUT2D eigenvalue weighted by Gasteiger charge is -2.31. The Bertz CT molecular complexity index is 314. The average molecular weight is 241 g/mol. The number of thiophene rings is 1. The summed E-state index contributed by atoms with van der Waals surface area (Å²) >= 11 is 1.83. The molecule has 0 amide bonds. The first-order chi connectivity index (χ1) is 7.43. The molecule has 2 nitrogen and oxygen atoms in total. The maximum atomic E-state index is 9.06. The molecule has 2 N–H and O–H groups in total. The van der Waals surface area contributed by atoms with Gasteiger partial charge >= 0.3 is 0 Å². The Morgan fingerprint density at radius 3 is 2.50 bits per heavy atom. The van der Waals surface area contributed by atoms with Gasteiger partial charge in [0, 0.05) is 28.9 Å². The first-order valence-corrected chi connectivity index (χ1v) is 6.64. The number of rotatable bonds is 5. The molecule has 0 bridgehead atoms. The lowest BCUT2D eigenvalue weighted by molar-refractivity contribution is 0.197. The standard InChI is InChI=1S/C13H23NOS/c1-10-5-6-11(16-10)9-14-12(7-8-15)13(2,3)4/h5-6,12,14-15H,7-9H2,1-4H3. The fourth-order valence-electron chi connectivity index (χ4n) is 1.77. The van der Waals surface area contributed by atoms with E-state index in [-0.39, 0.29) is 12.0 Å². The molecule has 1 atom stereocenters. The van der Waals surface area contributed by atoms with Crippen molar-refractivity contribution in [1.29, 1.82) is 0 Å². The minimum Gasteiger partial charge on any atom is -0.396 e.